The molecule has 21 heavy (non-hydrogen) atoms. The predicted octanol–water partition coefficient (Wildman–Crippen LogP) is 2.35. The van der Waals surface area contributed by atoms with Crippen LogP contribution >= 0.6 is 0 Å². The van der Waals surface area contributed by atoms with Crippen molar-refractivity contribution in [3.8, 4) is 0 Å². The Bertz CT molecular complexity index is 581. The number of nitrogens with one attached hydrogen (secondary N) is 1. The number of anilines is 1. The zero-order chi connectivity index (χ0) is 16.2. The summed E-state index contributed by atoms with van der Waals surface area (Å²) < 4.78 is 4.79. The van der Waals surface area contributed by atoms with Crippen LogP contribution in [0.1, 0.15) is 25.0 Å². The van der Waals surface area contributed by atoms with E-state index in [-0.39, 0.29) is 17.3 Å². The monoisotopic (exact) mass is 294 g/mol. The van der Waals surface area contributed by atoms with Crippen LogP contribution in [-0.4, -0.2) is 23.4 Å². The minimum atomic E-state index is -0.610. The molecular weight excluding hydrogens is 276 g/mol. The first-order valence-corrected chi connectivity index (χ1v) is 6.45. The molecule has 0 aliphatic heterocycles. The first-order valence-electron chi connectivity index (χ1n) is 6.45. The fraction of sp³-hybridized carbons (Fsp3) is 0.429. The Balaban J connectivity index is 2.87. The van der Waals surface area contributed by atoms with Gasteiger partial charge in [-0.3, -0.25) is 19.7 Å². The predicted molar refractivity (Wildman–Crippen MR) is 77.0 cm³/mol. The number of rotatable bonds is 5. The molecule has 1 aromatic carbocycles. The Morgan fingerprint density at radius 1 is 1.33 bits per heavy atom. The standard InChI is InChI=1S/C14H18N2O5/c1-8(2)14(18)21-7-12(17)15-13-10(4)9(3)5-6-11(13)16(19)20/h5-6,8H,7H2,1-4H3,(H,15,17). The van der Waals surface area contributed by atoms with Gasteiger partial charge in [0, 0.05) is 6.07 Å². The largest absolute Gasteiger partial charge is 0.455 e. The van der Waals surface area contributed by atoms with E-state index in [1.807, 2.05) is 0 Å². The number of ether oxygens (including phenoxy) is 1. The zero-order valence-electron chi connectivity index (χ0n) is 12.4. The fourth-order valence-electron chi connectivity index (χ4n) is 1.59. The molecule has 0 aliphatic carbocycles. The van der Waals surface area contributed by atoms with Crippen LogP contribution in [0.25, 0.3) is 0 Å². The number of amides is 1. The van der Waals surface area contributed by atoms with E-state index in [1.54, 1.807) is 33.8 Å². The molecular formula is C14H18N2O5. The van der Waals surface area contributed by atoms with Crippen molar-refractivity contribution >= 4 is 23.3 Å². The molecule has 0 aliphatic rings. The molecule has 0 atom stereocenters. The number of hydrogen-bond donors (Lipinski definition) is 1. The van der Waals surface area contributed by atoms with Gasteiger partial charge >= 0.3 is 5.97 Å². The van der Waals surface area contributed by atoms with E-state index in [2.05, 4.69) is 5.32 Å². The fourth-order valence-corrected chi connectivity index (χ4v) is 1.59. The second-order valence-corrected chi connectivity index (χ2v) is 4.97. The molecule has 1 aromatic rings. The average Bonchev–Trinajstić information content (AvgIpc) is 2.40. The third-order valence-corrected chi connectivity index (χ3v) is 2.99. The van der Waals surface area contributed by atoms with E-state index < -0.39 is 23.4 Å². The van der Waals surface area contributed by atoms with E-state index >= 15 is 0 Å². The molecule has 0 saturated heterocycles. The molecule has 1 N–H and O–H groups in total. The van der Waals surface area contributed by atoms with Crippen molar-refractivity contribution in [2.45, 2.75) is 27.7 Å². The Kier molecular flexibility index (Phi) is 5.40. The van der Waals surface area contributed by atoms with Crippen LogP contribution in [0.2, 0.25) is 0 Å². The summed E-state index contributed by atoms with van der Waals surface area (Å²) in [7, 11) is 0. The molecule has 0 saturated carbocycles. The summed E-state index contributed by atoms with van der Waals surface area (Å²) in [4.78, 5) is 33.5. The van der Waals surface area contributed by atoms with Crippen molar-refractivity contribution in [1.82, 2.24) is 0 Å². The lowest BCUT2D eigenvalue weighted by molar-refractivity contribution is -0.384. The number of esters is 1. The number of carbonyl (C=O) groups excluding carboxylic acids is 2. The topological polar surface area (TPSA) is 98.5 Å². The van der Waals surface area contributed by atoms with Crippen molar-refractivity contribution in [3.05, 3.63) is 33.4 Å². The summed E-state index contributed by atoms with van der Waals surface area (Å²) in [5.41, 5.74) is 1.36. The third kappa shape index (κ3) is 4.27. The quantitative estimate of drug-likeness (QED) is 0.510. The highest BCUT2D eigenvalue weighted by atomic mass is 16.6. The van der Waals surface area contributed by atoms with Gasteiger partial charge in [0.2, 0.25) is 0 Å². The van der Waals surface area contributed by atoms with Gasteiger partial charge in [0.1, 0.15) is 5.69 Å². The van der Waals surface area contributed by atoms with Gasteiger partial charge in [-0.15, -0.1) is 0 Å². The lowest BCUT2D eigenvalue weighted by atomic mass is 10.1. The normalized spacial score (nSPS) is 10.3. The molecule has 1 amide bonds. The highest BCUT2D eigenvalue weighted by Gasteiger charge is 2.20. The lowest BCUT2D eigenvalue weighted by Gasteiger charge is -2.11. The molecule has 0 spiro atoms. The van der Waals surface area contributed by atoms with Crippen molar-refractivity contribution in [3.63, 3.8) is 0 Å². The highest BCUT2D eigenvalue weighted by molar-refractivity contribution is 5.96. The summed E-state index contributed by atoms with van der Waals surface area (Å²) >= 11 is 0. The van der Waals surface area contributed by atoms with E-state index in [0.717, 1.165) is 5.56 Å². The lowest BCUT2D eigenvalue weighted by Crippen LogP contribution is -2.23. The Morgan fingerprint density at radius 2 is 1.95 bits per heavy atom. The van der Waals surface area contributed by atoms with Gasteiger partial charge in [-0.25, -0.2) is 0 Å². The number of aryl methyl sites for hydroxylation is 1. The molecule has 7 heteroatoms. The van der Waals surface area contributed by atoms with Crippen molar-refractivity contribution < 1.29 is 19.2 Å². The average molecular weight is 294 g/mol. The van der Waals surface area contributed by atoms with Crippen LogP contribution < -0.4 is 5.32 Å². The number of benzene rings is 1. The van der Waals surface area contributed by atoms with Crippen LogP contribution in [0.3, 0.4) is 0 Å². The van der Waals surface area contributed by atoms with Gasteiger partial charge in [0.25, 0.3) is 11.6 Å². The first-order chi connectivity index (χ1) is 9.73. The van der Waals surface area contributed by atoms with Gasteiger partial charge in [-0.05, 0) is 25.0 Å². The van der Waals surface area contributed by atoms with E-state index in [9.17, 15) is 19.7 Å². The van der Waals surface area contributed by atoms with E-state index in [0.29, 0.717) is 5.56 Å². The Hall–Kier alpha value is -2.44. The summed E-state index contributed by atoms with van der Waals surface area (Å²) in [6, 6.07) is 2.94. The maximum atomic E-state index is 11.8. The summed E-state index contributed by atoms with van der Waals surface area (Å²) in [5, 5.41) is 13.4. The number of nitro benzene ring substituents is 1. The molecule has 0 aromatic heterocycles. The van der Waals surface area contributed by atoms with E-state index in [4.69, 9.17) is 4.74 Å². The highest BCUT2D eigenvalue weighted by Crippen LogP contribution is 2.30. The summed E-state index contributed by atoms with van der Waals surface area (Å²) in [6.45, 7) is 6.29. The van der Waals surface area contributed by atoms with E-state index in [1.165, 1.54) is 6.07 Å². The van der Waals surface area contributed by atoms with Crippen molar-refractivity contribution in [2.75, 3.05) is 11.9 Å². The van der Waals surface area contributed by atoms with Crippen LogP contribution in [0.15, 0.2) is 12.1 Å². The summed E-state index contributed by atoms with van der Waals surface area (Å²) in [5.74, 6) is -1.45. The van der Waals surface area contributed by atoms with Crippen LogP contribution in [-0.2, 0) is 14.3 Å². The zero-order valence-corrected chi connectivity index (χ0v) is 12.4. The van der Waals surface area contributed by atoms with Gasteiger partial charge < -0.3 is 10.1 Å². The maximum absolute atomic E-state index is 11.8. The van der Waals surface area contributed by atoms with Crippen molar-refractivity contribution in [2.24, 2.45) is 5.92 Å². The SMILES string of the molecule is Cc1ccc([N+](=O)[O-])c(NC(=O)COC(=O)C(C)C)c1C. The van der Waals surface area contributed by atoms with Gasteiger partial charge in [0.05, 0.1) is 10.8 Å². The minimum absolute atomic E-state index is 0.130. The van der Waals surface area contributed by atoms with Gasteiger partial charge in [-0.1, -0.05) is 19.9 Å². The number of nitrogens with zero attached hydrogens (tertiary/aromatic N) is 1. The molecule has 7 nitrogen and oxygen atoms in total. The maximum Gasteiger partial charge on any atom is 0.308 e. The Labute approximate surface area is 122 Å². The van der Waals surface area contributed by atoms with Crippen LogP contribution in [0, 0.1) is 29.9 Å². The molecule has 0 bridgehead atoms. The second-order valence-electron chi connectivity index (χ2n) is 4.97. The van der Waals surface area contributed by atoms with Crippen LogP contribution in [0.4, 0.5) is 11.4 Å². The number of nitro groups is 1. The molecule has 0 fully saturated rings. The van der Waals surface area contributed by atoms with Crippen molar-refractivity contribution in [1.29, 1.82) is 0 Å². The molecule has 0 heterocycles. The smallest absolute Gasteiger partial charge is 0.308 e. The van der Waals surface area contributed by atoms with Gasteiger partial charge in [0.15, 0.2) is 6.61 Å². The molecule has 0 radical (unpaired) electrons. The molecule has 114 valence electrons. The minimum Gasteiger partial charge on any atom is -0.455 e. The third-order valence-electron chi connectivity index (χ3n) is 2.99. The Morgan fingerprint density at radius 3 is 2.48 bits per heavy atom. The number of hydrogen-bond acceptors (Lipinski definition) is 5. The van der Waals surface area contributed by atoms with Gasteiger partial charge in [-0.2, -0.15) is 0 Å². The molecule has 1 rings (SSSR count). The summed E-state index contributed by atoms with van der Waals surface area (Å²) in [6.07, 6.45) is 0. The second kappa shape index (κ2) is 6.83. The number of carbonyl (C=O) groups is 2. The van der Waals surface area contributed by atoms with Crippen LogP contribution in [0.5, 0.6) is 0 Å². The molecule has 0 unspecified atom stereocenters. The first kappa shape index (κ1) is 16.6.